The summed E-state index contributed by atoms with van der Waals surface area (Å²) >= 11 is 0. The average Bonchev–Trinajstić information content (AvgIpc) is 3.38. The van der Waals surface area contributed by atoms with Crippen LogP contribution in [0.3, 0.4) is 0 Å². The molecule has 1 amide bonds. The Balaban J connectivity index is 1.57. The summed E-state index contributed by atoms with van der Waals surface area (Å²) in [6, 6.07) is 6.07. The molecule has 6 nitrogen and oxygen atoms in total. The van der Waals surface area contributed by atoms with Gasteiger partial charge in [-0.25, -0.2) is 4.98 Å². The molecule has 1 N–H and O–H groups in total. The molecule has 1 saturated heterocycles. The number of nitrogens with zero attached hydrogens (tertiary/aromatic N) is 4. The van der Waals surface area contributed by atoms with E-state index in [4.69, 9.17) is 0 Å². The smallest absolute Gasteiger partial charge is 0.237 e. The van der Waals surface area contributed by atoms with Gasteiger partial charge in [-0.05, 0) is 31.9 Å². The number of carbonyl (C=O) groups is 1. The highest BCUT2D eigenvalue weighted by Gasteiger charge is 2.30. The highest BCUT2D eigenvalue weighted by molar-refractivity contribution is 5.81. The first kappa shape index (κ1) is 14.8. The Kier molecular flexibility index (Phi) is 4.25. The van der Waals surface area contributed by atoms with Crippen molar-refractivity contribution in [2.75, 3.05) is 31.1 Å². The van der Waals surface area contributed by atoms with Crippen molar-refractivity contribution in [3.63, 3.8) is 0 Å². The molecule has 1 unspecified atom stereocenters. The Hall–Kier alpha value is -2.13. The molecule has 1 atom stereocenters. The number of anilines is 1. The summed E-state index contributed by atoms with van der Waals surface area (Å²) in [4.78, 5) is 20.8. The molecule has 0 bridgehead atoms. The molecule has 0 radical (unpaired) electrons. The molecule has 6 heteroatoms. The van der Waals surface area contributed by atoms with E-state index in [0.717, 1.165) is 44.8 Å². The molecule has 1 saturated carbocycles. The van der Waals surface area contributed by atoms with E-state index in [1.165, 1.54) is 0 Å². The largest absolute Gasteiger partial charge is 0.353 e. The van der Waals surface area contributed by atoms with E-state index in [1.807, 2.05) is 6.92 Å². The third-order valence-electron chi connectivity index (χ3n) is 4.37. The zero-order valence-corrected chi connectivity index (χ0v) is 12.8. The molecule has 2 heterocycles. The minimum Gasteiger partial charge on any atom is -0.353 e. The van der Waals surface area contributed by atoms with E-state index in [0.29, 0.717) is 11.6 Å². The molecule has 116 valence electrons. The second-order valence-corrected chi connectivity index (χ2v) is 5.97. The van der Waals surface area contributed by atoms with E-state index in [1.54, 1.807) is 18.3 Å². The lowest BCUT2D eigenvalue weighted by atomic mass is 10.2. The molecule has 1 aromatic rings. The van der Waals surface area contributed by atoms with E-state index >= 15 is 0 Å². The number of pyridine rings is 1. The average molecular weight is 299 g/mol. The first-order valence-corrected chi connectivity index (χ1v) is 7.83. The number of carbonyl (C=O) groups excluding carboxylic acids is 1. The Morgan fingerprint density at radius 2 is 2.14 bits per heavy atom. The SMILES string of the molecule is CC(C(=O)NC1CC1)N1CCN(c2ncccc2C#N)CC1. The molecule has 0 spiro atoms. The molecule has 1 aliphatic carbocycles. The standard InChI is InChI=1S/C16H21N5O/c1-12(16(22)19-14-4-5-14)20-7-9-21(10-8-20)15-13(11-17)3-2-6-18-15/h2-3,6,12,14H,4-5,7-10H2,1H3,(H,19,22). The lowest BCUT2D eigenvalue weighted by Gasteiger charge is -2.38. The second kappa shape index (κ2) is 6.32. The van der Waals surface area contributed by atoms with Crippen molar-refractivity contribution in [1.82, 2.24) is 15.2 Å². The van der Waals surface area contributed by atoms with Crippen LogP contribution in [-0.4, -0.2) is 54.1 Å². The second-order valence-electron chi connectivity index (χ2n) is 5.97. The fourth-order valence-electron chi connectivity index (χ4n) is 2.77. The van der Waals surface area contributed by atoms with Gasteiger partial charge >= 0.3 is 0 Å². The maximum Gasteiger partial charge on any atom is 0.237 e. The summed E-state index contributed by atoms with van der Waals surface area (Å²) in [5.74, 6) is 0.881. The van der Waals surface area contributed by atoms with Gasteiger partial charge in [0.05, 0.1) is 11.6 Å². The van der Waals surface area contributed by atoms with Gasteiger partial charge in [0.1, 0.15) is 11.9 Å². The van der Waals surface area contributed by atoms with Gasteiger partial charge in [-0.2, -0.15) is 5.26 Å². The quantitative estimate of drug-likeness (QED) is 0.888. The van der Waals surface area contributed by atoms with Gasteiger partial charge in [0.25, 0.3) is 0 Å². The van der Waals surface area contributed by atoms with Crippen LogP contribution in [0.1, 0.15) is 25.3 Å². The van der Waals surface area contributed by atoms with Gasteiger partial charge in [0.15, 0.2) is 0 Å². The zero-order valence-electron chi connectivity index (χ0n) is 12.8. The Morgan fingerprint density at radius 1 is 1.41 bits per heavy atom. The zero-order chi connectivity index (χ0) is 15.5. The molecule has 1 aromatic heterocycles. The van der Waals surface area contributed by atoms with E-state index < -0.39 is 0 Å². The Morgan fingerprint density at radius 3 is 2.77 bits per heavy atom. The molecule has 1 aliphatic heterocycles. The van der Waals surface area contributed by atoms with Crippen molar-refractivity contribution in [2.45, 2.75) is 31.8 Å². The van der Waals surface area contributed by atoms with Gasteiger partial charge in [0, 0.05) is 38.4 Å². The predicted octanol–water partition coefficient (Wildman–Crippen LogP) is 0.742. The predicted molar refractivity (Wildman–Crippen MR) is 83.4 cm³/mol. The number of aromatic nitrogens is 1. The van der Waals surface area contributed by atoms with Crippen molar-refractivity contribution < 1.29 is 4.79 Å². The van der Waals surface area contributed by atoms with Gasteiger partial charge in [-0.1, -0.05) is 0 Å². The minimum absolute atomic E-state index is 0.0954. The maximum absolute atomic E-state index is 12.1. The summed E-state index contributed by atoms with van der Waals surface area (Å²) in [6.45, 7) is 5.15. The van der Waals surface area contributed by atoms with Crippen LogP contribution in [-0.2, 0) is 4.79 Å². The molecule has 2 aliphatic rings. The summed E-state index contributed by atoms with van der Waals surface area (Å²) < 4.78 is 0. The summed E-state index contributed by atoms with van der Waals surface area (Å²) in [5, 5.41) is 12.2. The maximum atomic E-state index is 12.1. The van der Waals surface area contributed by atoms with Crippen LogP contribution in [0.4, 0.5) is 5.82 Å². The van der Waals surface area contributed by atoms with Crippen LogP contribution in [0.15, 0.2) is 18.3 Å². The normalized spacial score (nSPS) is 20.3. The fraction of sp³-hybridized carbons (Fsp3) is 0.562. The number of nitrogens with one attached hydrogen (secondary N) is 1. The third kappa shape index (κ3) is 3.20. The van der Waals surface area contributed by atoms with Crippen LogP contribution in [0.25, 0.3) is 0 Å². The van der Waals surface area contributed by atoms with E-state index in [-0.39, 0.29) is 11.9 Å². The Bertz CT molecular complexity index is 584. The summed E-state index contributed by atoms with van der Waals surface area (Å²) in [5.41, 5.74) is 0.607. The fourth-order valence-corrected chi connectivity index (χ4v) is 2.77. The van der Waals surface area contributed by atoms with Gasteiger partial charge in [-0.15, -0.1) is 0 Å². The molecule has 2 fully saturated rings. The monoisotopic (exact) mass is 299 g/mol. The van der Waals surface area contributed by atoms with Crippen molar-refractivity contribution >= 4 is 11.7 Å². The van der Waals surface area contributed by atoms with Crippen LogP contribution < -0.4 is 10.2 Å². The van der Waals surface area contributed by atoms with Crippen LogP contribution in [0, 0.1) is 11.3 Å². The van der Waals surface area contributed by atoms with Crippen molar-refractivity contribution in [3.05, 3.63) is 23.9 Å². The number of piperazine rings is 1. The lowest BCUT2D eigenvalue weighted by molar-refractivity contribution is -0.126. The van der Waals surface area contributed by atoms with Crippen molar-refractivity contribution in [1.29, 1.82) is 5.26 Å². The molecule has 0 aromatic carbocycles. The minimum atomic E-state index is -0.0954. The van der Waals surface area contributed by atoms with E-state index in [2.05, 4.69) is 26.2 Å². The van der Waals surface area contributed by atoms with Gasteiger partial charge < -0.3 is 10.2 Å². The highest BCUT2D eigenvalue weighted by Crippen LogP contribution is 2.21. The number of rotatable bonds is 4. The van der Waals surface area contributed by atoms with Crippen molar-refractivity contribution in [2.24, 2.45) is 0 Å². The topological polar surface area (TPSA) is 72.3 Å². The first-order chi connectivity index (χ1) is 10.7. The van der Waals surface area contributed by atoms with Gasteiger partial charge in [-0.3, -0.25) is 9.69 Å². The molecular weight excluding hydrogens is 278 g/mol. The highest BCUT2D eigenvalue weighted by atomic mass is 16.2. The third-order valence-corrected chi connectivity index (χ3v) is 4.37. The molecule has 3 rings (SSSR count). The number of hydrogen-bond donors (Lipinski definition) is 1. The number of amides is 1. The first-order valence-electron chi connectivity index (χ1n) is 7.83. The summed E-state index contributed by atoms with van der Waals surface area (Å²) in [7, 11) is 0. The molecular formula is C16H21N5O. The van der Waals surface area contributed by atoms with E-state index in [9.17, 15) is 10.1 Å². The van der Waals surface area contributed by atoms with Crippen LogP contribution >= 0.6 is 0 Å². The summed E-state index contributed by atoms with van der Waals surface area (Å²) in [6.07, 6.45) is 3.94. The van der Waals surface area contributed by atoms with Crippen LogP contribution in [0.2, 0.25) is 0 Å². The molecule has 22 heavy (non-hydrogen) atoms. The Labute approximate surface area is 130 Å². The number of nitriles is 1. The lowest BCUT2D eigenvalue weighted by Crippen LogP contribution is -2.54. The van der Waals surface area contributed by atoms with Crippen LogP contribution in [0.5, 0.6) is 0 Å². The van der Waals surface area contributed by atoms with Gasteiger partial charge in [0.2, 0.25) is 5.91 Å². The van der Waals surface area contributed by atoms with Crippen molar-refractivity contribution in [3.8, 4) is 6.07 Å². The number of hydrogen-bond acceptors (Lipinski definition) is 5.